The number of thioether (sulfide) groups is 1. The Hall–Kier alpha value is -3.05. The molecule has 4 nitrogen and oxygen atoms in total. The van der Waals surface area contributed by atoms with Crippen molar-refractivity contribution in [3.8, 4) is 11.4 Å². The van der Waals surface area contributed by atoms with Gasteiger partial charge in [-0.05, 0) is 66.1 Å². The van der Waals surface area contributed by atoms with Crippen molar-refractivity contribution >= 4 is 22.7 Å². The van der Waals surface area contributed by atoms with Crippen LogP contribution in [0.2, 0.25) is 0 Å². The molecule has 1 heterocycles. The van der Waals surface area contributed by atoms with Gasteiger partial charge in [-0.25, -0.2) is 4.98 Å². The summed E-state index contributed by atoms with van der Waals surface area (Å²) in [6.45, 7) is 2.19. The van der Waals surface area contributed by atoms with E-state index in [1.807, 2.05) is 60.9 Å². The predicted molar refractivity (Wildman–Crippen MR) is 124 cm³/mol. The lowest BCUT2D eigenvalue weighted by molar-refractivity contribution is 0.414. The zero-order chi connectivity index (χ0) is 21.1. The van der Waals surface area contributed by atoms with E-state index < -0.39 is 0 Å². The lowest BCUT2D eigenvalue weighted by Crippen LogP contribution is -2.21. The molecule has 30 heavy (non-hydrogen) atoms. The predicted octanol–water partition coefficient (Wildman–Crippen LogP) is 5.46. The summed E-state index contributed by atoms with van der Waals surface area (Å²) in [5, 5.41) is 1.34. The molecule has 4 aromatic rings. The number of rotatable bonds is 6. The van der Waals surface area contributed by atoms with Crippen molar-refractivity contribution < 1.29 is 4.74 Å². The molecule has 0 aliphatic heterocycles. The van der Waals surface area contributed by atoms with Crippen LogP contribution in [0.1, 0.15) is 24.0 Å². The van der Waals surface area contributed by atoms with Crippen LogP contribution in [0.3, 0.4) is 0 Å². The van der Waals surface area contributed by atoms with Crippen LogP contribution in [0, 0.1) is 0 Å². The molecule has 0 aliphatic rings. The number of fused-ring (bicyclic) bond motifs is 1. The highest BCUT2D eigenvalue weighted by Crippen LogP contribution is 2.25. The topological polar surface area (TPSA) is 44.1 Å². The minimum Gasteiger partial charge on any atom is -0.497 e. The number of benzene rings is 3. The van der Waals surface area contributed by atoms with E-state index in [4.69, 9.17) is 9.72 Å². The first-order valence-electron chi connectivity index (χ1n) is 9.89. The Balaban J connectivity index is 1.74. The average Bonchev–Trinajstić information content (AvgIpc) is 2.79. The van der Waals surface area contributed by atoms with Gasteiger partial charge in [0.25, 0.3) is 5.56 Å². The molecule has 0 fully saturated rings. The molecule has 0 radical (unpaired) electrons. The molecule has 0 N–H and O–H groups in total. The molecule has 152 valence electrons. The number of ether oxygens (including phenoxy) is 1. The van der Waals surface area contributed by atoms with Gasteiger partial charge in [-0.3, -0.25) is 9.36 Å². The summed E-state index contributed by atoms with van der Waals surface area (Å²) in [6.07, 6.45) is 2.83. The van der Waals surface area contributed by atoms with Crippen LogP contribution in [-0.4, -0.2) is 22.9 Å². The second-order valence-corrected chi connectivity index (χ2v) is 8.08. The number of nitrogens with zero attached hydrogens (tertiary/aromatic N) is 2. The monoisotopic (exact) mass is 416 g/mol. The molecule has 0 aliphatic carbocycles. The third-order valence-electron chi connectivity index (χ3n) is 5.33. The standard InChI is InChI=1S/C25H24N2O2S/c1-17(15-18-9-12-21(29-2)13-10-18)19-11-14-23-22(16-19)24(28)27(25(26-23)30-3)20-7-5-4-6-8-20/h4-14,16-17H,15H2,1-3H3. The third-order valence-corrected chi connectivity index (χ3v) is 5.97. The molecule has 5 heteroatoms. The largest absolute Gasteiger partial charge is 0.497 e. The van der Waals surface area contributed by atoms with E-state index in [0.29, 0.717) is 10.5 Å². The molecule has 3 aromatic carbocycles. The van der Waals surface area contributed by atoms with Crippen LogP contribution < -0.4 is 10.3 Å². The summed E-state index contributed by atoms with van der Waals surface area (Å²) in [5.74, 6) is 1.13. The molecule has 1 aromatic heterocycles. The van der Waals surface area contributed by atoms with Gasteiger partial charge in [-0.2, -0.15) is 0 Å². The Morgan fingerprint density at radius 1 is 1.03 bits per heavy atom. The Morgan fingerprint density at radius 3 is 2.43 bits per heavy atom. The molecule has 1 atom stereocenters. The first-order valence-corrected chi connectivity index (χ1v) is 11.1. The van der Waals surface area contributed by atoms with Gasteiger partial charge in [0.2, 0.25) is 0 Å². The van der Waals surface area contributed by atoms with Crippen molar-refractivity contribution in [3.63, 3.8) is 0 Å². The Morgan fingerprint density at radius 2 is 1.77 bits per heavy atom. The molecular weight excluding hydrogens is 392 g/mol. The van der Waals surface area contributed by atoms with E-state index in [0.717, 1.165) is 28.9 Å². The van der Waals surface area contributed by atoms with Crippen molar-refractivity contribution in [2.75, 3.05) is 13.4 Å². The fourth-order valence-electron chi connectivity index (χ4n) is 3.66. The van der Waals surface area contributed by atoms with Gasteiger partial charge in [0.15, 0.2) is 5.16 Å². The highest BCUT2D eigenvalue weighted by molar-refractivity contribution is 7.98. The van der Waals surface area contributed by atoms with Crippen LogP contribution in [0.4, 0.5) is 0 Å². The summed E-state index contributed by atoms with van der Waals surface area (Å²) in [6, 6.07) is 23.9. The summed E-state index contributed by atoms with van der Waals surface area (Å²) in [7, 11) is 1.67. The number of para-hydroxylation sites is 1. The van der Waals surface area contributed by atoms with Gasteiger partial charge in [0.05, 0.1) is 23.7 Å². The molecule has 0 spiro atoms. The second kappa shape index (κ2) is 8.76. The normalized spacial score (nSPS) is 12.1. The number of aromatic nitrogens is 2. The van der Waals surface area contributed by atoms with E-state index in [9.17, 15) is 4.79 Å². The van der Waals surface area contributed by atoms with Gasteiger partial charge in [0.1, 0.15) is 5.75 Å². The lowest BCUT2D eigenvalue weighted by atomic mass is 9.93. The van der Waals surface area contributed by atoms with Crippen LogP contribution in [0.5, 0.6) is 5.75 Å². The zero-order valence-corrected chi connectivity index (χ0v) is 18.1. The zero-order valence-electron chi connectivity index (χ0n) is 17.3. The van der Waals surface area contributed by atoms with Gasteiger partial charge in [-0.1, -0.05) is 55.1 Å². The summed E-state index contributed by atoms with van der Waals surface area (Å²) >= 11 is 1.48. The average molecular weight is 417 g/mol. The highest BCUT2D eigenvalue weighted by atomic mass is 32.2. The highest BCUT2D eigenvalue weighted by Gasteiger charge is 2.15. The second-order valence-electron chi connectivity index (χ2n) is 7.30. The third kappa shape index (κ3) is 3.98. The van der Waals surface area contributed by atoms with Crippen molar-refractivity contribution in [2.45, 2.75) is 24.4 Å². The summed E-state index contributed by atoms with van der Waals surface area (Å²) < 4.78 is 6.94. The Labute approximate surface area is 180 Å². The van der Waals surface area contributed by atoms with E-state index in [1.54, 1.807) is 11.7 Å². The lowest BCUT2D eigenvalue weighted by Gasteiger charge is -2.15. The number of hydrogen-bond acceptors (Lipinski definition) is 4. The van der Waals surface area contributed by atoms with Gasteiger partial charge >= 0.3 is 0 Å². The van der Waals surface area contributed by atoms with Crippen LogP contribution in [0.25, 0.3) is 16.6 Å². The summed E-state index contributed by atoms with van der Waals surface area (Å²) in [5.41, 5.74) is 3.90. The van der Waals surface area contributed by atoms with Crippen LogP contribution in [-0.2, 0) is 6.42 Å². The molecule has 0 saturated heterocycles. The number of hydrogen-bond donors (Lipinski definition) is 0. The van der Waals surface area contributed by atoms with E-state index in [-0.39, 0.29) is 11.5 Å². The molecule has 0 saturated carbocycles. The van der Waals surface area contributed by atoms with Gasteiger partial charge in [-0.15, -0.1) is 0 Å². The molecule has 0 bridgehead atoms. The smallest absolute Gasteiger partial charge is 0.266 e. The fourth-order valence-corrected chi connectivity index (χ4v) is 4.22. The van der Waals surface area contributed by atoms with E-state index in [1.165, 1.54) is 17.3 Å². The van der Waals surface area contributed by atoms with E-state index >= 15 is 0 Å². The maximum Gasteiger partial charge on any atom is 0.266 e. The maximum atomic E-state index is 13.4. The minimum absolute atomic E-state index is 0.0333. The minimum atomic E-state index is -0.0333. The maximum absolute atomic E-state index is 13.4. The Bertz CT molecular complexity index is 1220. The quantitative estimate of drug-likeness (QED) is 0.309. The van der Waals surface area contributed by atoms with E-state index in [2.05, 4.69) is 25.1 Å². The molecule has 1 unspecified atom stereocenters. The summed E-state index contributed by atoms with van der Waals surface area (Å²) in [4.78, 5) is 18.2. The van der Waals surface area contributed by atoms with Crippen LogP contribution >= 0.6 is 11.8 Å². The molecule has 4 rings (SSSR count). The first kappa shape index (κ1) is 20.2. The van der Waals surface area contributed by atoms with Crippen LogP contribution in [0.15, 0.2) is 82.7 Å². The van der Waals surface area contributed by atoms with Crippen molar-refractivity contribution in [1.82, 2.24) is 9.55 Å². The molecule has 0 amide bonds. The SMILES string of the molecule is COc1ccc(CC(C)c2ccc3nc(SC)n(-c4ccccc4)c(=O)c3c2)cc1. The van der Waals surface area contributed by atoms with Crippen molar-refractivity contribution in [1.29, 1.82) is 0 Å². The Kier molecular flexibility index (Phi) is 5.91. The fraction of sp³-hybridized carbons (Fsp3) is 0.200. The van der Waals surface area contributed by atoms with Gasteiger partial charge in [0, 0.05) is 0 Å². The molecular formula is C25H24N2O2S. The van der Waals surface area contributed by atoms with Gasteiger partial charge < -0.3 is 4.74 Å². The van der Waals surface area contributed by atoms with Crippen molar-refractivity contribution in [2.24, 2.45) is 0 Å². The first-order chi connectivity index (χ1) is 14.6. The van der Waals surface area contributed by atoms with Crippen molar-refractivity contribution in [3.05, 3.63) is 94.3 Å². The number of methoxy groups -OCH3 is 1.